The van der Waals surface area contributed by atoms with Crippen LogP contribution in [0, 0.1) is 11.8 Å². The second kappa shape index (κ2) is 7.13. The molecule has 2 N–H and O–H groups in total. The highest BCUT2D eigenvalue weighted by atomic mass is 16.5. The van der Waals surface area contributed by atoms with Crippen molar-refractivity contribution in [1.82, 2.24) is 14.9 Å². The molecule has 25 heavy (non-hydrogen) atoms. The van der Waals surface area contributed by atoms with E-state index in [2.05, 4.69) is 9.97 Å². The van der Waals surface area contributed by atoms with E-state index in [1.807, 2.05) is 18.2 Å². The van der Waals surface area contributed by atoms with Crippen LogP contribution in [-0.4, -0.2) is 52.1 Å². The number of carboxylic acid groups (broad SMARTS) is 1. The lowest BCUT2D eigenvalue weighted by molar-refractivity contribution is -0.139. The van der Waals surface area contributed by atoms with Gasteiger partial charge in [0.15, 0.2) is 0 Å². The van der Waals surface area contributed by atoms with Gasteiger partial charge in [-0.25, -0.2) is 4.98 Å². The van der Waals surface area contributed by atoms with Crippen molar-refractivity contribution < 1.29 is 19.4 Å². The number of likely N-dealkylation sites (tertiary alicyclic amines) is 1. The van der Waals surface area contributed by atoms with E-state index < -0.39 is 5.97 Å². The Kier molecular flexibility index (Phi) is 4.92. The number of ether oxygens (including phenoxy) is 1. The number of hydrogen-bond acceptors (Lipinski definition) is 4. The molecule has 2 aromatic rings. The molecule has 0 aliphatic carbocycles. The topological polar surface area (TPSA) is 95.5 Å². The molecule has 1 aliphatic rings. The van der Waals surface area contributed by atoms with Crippen LogP contribution in [0.1, 0.15) is 25.6 Å². The average molecular weight is 345 g/mol. The molecule has 2 atom stereocenters. The van der Waals surface area contributed by atoms with Crippen molar-refractivity contribution in [2.24, 2.45) is 11.8 Å². The molecule has 1 fully saturated rings. The Hall–Kier alpha value is -2.57. The molecule has 1 aliphatic heterocycles. The number of methoxy groups -OCH3 is 1. The summed E-state index contributed by atoms with van der Waals surface area (Å²) in [5.41, 5.74) is 1.66. The first-order valence-electron chi connectivity index (χ1n) is 8.46. The number of aliphatic carboxylic acids is 1. The lowest BCUT2D eigenvalue weighted by Gasteiger charge is -2.37. The first-order chi connectivity index (χ1) is 12.0. The zero-order valence-corrected chi connectivity index (χ0v) is 14.5. The van der Waals surface area contributed by atoms with E-state index in [1.54, 1.807) is 18.9 Å². The minimum absolute atomic E-state index is 0.0325. The van der Waals surface area contributed by atoms with Crippen molar-refractivity contribution in [2.45, 2.75) is 26.2 Å². The molecule has 7 nitrogen and oxygen atoms in total. The molecule has 0 bridgehead atoms. The third-order valence-electron chi connectivity index (χ3n) is 4.97. The van der Waals surface area contributed by atoms with Gasteiger partial charge >= 0.3 is 5.97 Å². The predicted octanol–water partition coefficient (Wildman–Crippen LogP) is 2.07. The molecule has 0 saturated carbocycles. The molecular weight excluding hydrogens is 322 g/mol. The molecule has 1 saturated heterocycles. The van der Waals surface area contributed by atoms with Crippen molar-refractivity contribution in [2.75, 3.05) is 20.2 Å². The maximum Gasteiger partial charge on any atom is 0.303 e. The number of benzene rings is 1. The van der Waals surface area contributed by atoms with E-state index in [9.17, 15) is 14.7 Å². The summed E-state index contributed by atoms with van der Waals surface area (Å²) < 4.78 is 5.34. The molecule has 2 heterocycles. The molecule has 1 aromatic carbocycles. The summed E-state index contributed by atoms with van der Waals surface area (Å²) in [6.07, 6.45) is 1.44. The van der Waals surface area contributed by atoms with Crippen molar-refractivity contribution in [1.29, 1.82) is 0 Å². The van der Waals surface area contributed by atoms with Crippen molar-refractivity contribution in [3.8, 4) is 5.75 Å². The van der Waals surface area contributed by atoms with Gasteiger partial charge in [0, 0.05) is 32.9 Å². The first-order valence-corrected chi connectivity index (χ1v) is 8.46. The maximum absolute atomic E-state index is 11.7. The summed E-state index contributed by atoms with van der Waals surface area (Å²) in [5, 5.41) is 9.19. The van der Waals surface area contributed by atoms with E-state index in [4.69, 9.17) is 4.74 Å². The van der Waals surface area contributed by atoms with Crippen LogP contribution < -0.4 is 4.74 Å². The average Bonchev–Trinajstić information content (AvgIpc) is 2.98. The van der Waals surface area contributed by atoms with Crippen LogP contribution >= 0.6 is 0 Å². The molecule has 2 unspecified atom stereocenters. The van der Waals surface area contributed by atoms with Gasteiger partial charge in [0.2, 0.25) is 5.91 Å². The fraction of sp³-hybridized carbons (Fsp3) is 0.500. The quantitative estimate of drug-likeness (QED) is 0.865. The molecule has 1 amide bonds. The Bertz CT molecular complexity index is 786. The third kappa shape index (κ3) is 3.75. The van der Waals surface area contributed by atoms with Gasteiger partial charge in [-0.2, -0.15) is 0 Å². The number of H-pyrrole nitrogens is 1. The lowest BCUT2D eigenvalue weighted by atomic mass is 9.81. The number of carbonyl (C=O) groups is 2. The molecule has 7 heteroatoms. The highest BCUT2D eigenvalue weighted by Crippen LogP contribution is 2.30. The fourth-order valence-corrected chi connectivity index (χ4v) is 3.66. The van der Waals surface area contributed by atoms with Gasteiger partial charge in [-0.3, -0.25) is 9.59 Å². The maximum atomic E-state index is 11.7. The summed E-state index contributed by atoms with van der Waals surface area (Å²) >= 11 is 0. The highest BCUT2D eigenvalue weighted by Gasteiger charge is 2.32. The number of rotatable bonds is 5. The molecule has 0 spiro atoms. The highest BCUT2D eigenvalue weighted by molar-refractivity contribution is 5.81. The monoisotopic (exact) mass is 345 g/mol. The fourth-order valence-electron chi connectivity index (χ4n) is 3.66. The Morgan fingerprint density at radius 2 is 2.20 bits per heavy atom. The number of imidazole rings is 1. The molecule has 1 aromatic heterocycles. The number of fused-ring (bicyclic) bond motifs is 1. The van der Waals surface area contributed by atoms with Crippen LogP contribution in [0.25, 0.3) is 11.0 Å². The molecule has 134 valence electrons. The zero-order valence-electron chi connectivity index (χ0n) is 14.5. The van der Waals surface area contributed by atoms with E-state index in [0.717, 1.165) is 16.9 Å². The van der Waals surface area contributed by atoms with Gasteiger partial charge in [0.1, 0.15) is 17.1 Å². The number of aromatic amines is 1. The smallest absolute Gasteiger partial charge is 0.303 e. The number of piperidine rings is 1. The normalized spacial score (nSPS) is 20.6. The van der Waals surface area contributed by atoms with Gasteiger partial charge in [-0.05, 0) is 30.4 Å². The van der Waals surface area contributed by atoms with Crippen LogP contribution in [0.5, 0.6) is 5.75 Å². The number of aromatic nitrogens is 2. The minimum Gasteiger partial charge on any atom is -0.494 e. The summed E-state index contributed by atoms with van der Waals surface area (Å²) in [6, 6.07) is 5.69. The summed E-state index contributed by atoms with van der Waals surface area (Å²) in [4.78, 5) is 32.6. The molecule has 0 radical (unpaired) electrons. The van der Waals surface area contributed by atoms with Gasteiger partial charge in [-0.15, -0.1) is 0 Å². The van der Waals surface area contributed by atoms with E-state index >= 15 is 0 Å². The second-order valence-electron chi connectivity index (χ2n) is 6.62. The number of amides is 1. The van der Waals surface area contributed by atoms with Gasteiger partial charge < -0.3 is 19.7 Å². The number of nitrogens with zero attached hydrogens (tertiary/aromatic N) is 2. The summed E-state index contributed by atoms with van der Waals surface area (Å²) in [6.45, 7) is 2.75. The van der Waals surface area contributed by atoms with Gasteiger partial charge in [-0.1, -0.05) is 6.07 Å². The molecule has 3 rings (SSSR count). The SMILES string of the molecule is COc1cccc2[nH]c(CC3CN(C(C)=O)CCC3CC(=O)O)nc12. The number of nitrogens with one attached hydrogen (secondary N) is 1. The first kappa shape index (κ1) is 17.3. The van der Waals surface area contributed by atoms with E-state index in [-0.39, 0.29) is 24.2 Å². The van der Waals surface area contributed by atoms with Crippen LogP contribution in [0.2, 0.25) is 0 Å². The van der Waals surface area contributed by atoms with Crippen molar-refractivity contribution in [3.05, 3.63) is 24.0 Å². The third-order valence-corrected chi connectivity index (χ3v) is 4.97. The largest absolute Gasteiger partial charge is 0.494 e. The minimum atomic E-state index is -0.794. The Balaban J connectivity index is 1.83. The standard InChI is InChI=1S/C18H23N3O4/c1-11(22)21-7-6-12(9-17(23)24)13(10-21)8-16-19-14-4-3-5-15(25-2)18(14)20-16/h3-5,12-13H,6-10H2,1-2H3,(H,19,20)(H,23,24). The number of para-hydroxylation sites is 1. The van der Waals surface area contributed by atoms with Crippen LogP contribution in [-0.2, 0) is 16.0 Å². The van der Waals surface area contributed by atoms with Gasteiger partial charge in [0.05, 0.1) is 12.6 Å². The Morgan fingerprint density at radius 1 is 1.40 bits per heavy atom. The van der Waals surface area contributed by atoms with Crippen molar-refractivity contribution in [3.63, 3.8) is 0 Å². The van der Waals surface area contributed by atoms with Crippen molar-refractivity contribution >= 4 is 22.9 Å². The number of carboxylic acids is 1. The predicted molar refractivity (Wildman–Crippen MR) is 92.5 cm³/mol. The van der Waals surface area contributed by atoms with Crippen LogP contribution in [0.15, 0.2) is 18.2 Å². The molecular formula is C18H23N3O4. The van der Waals surface area contributed by atoms with Crippen LogP contribution in [0.4, 0.5) is 0 Å². The number of carbonyl (C=O) groups excluding carboxylic acids is 1. The van der Waals surface area contributed by atoms with E-state index in [0.29, 0.717) is 31.7 Å². The second-order valence-corrected chi connectivity index (χ2v) is 6.62. The Labute approximate surface area is 146 Å². The Morgan fingerprint density at radius 3 is 2.88 bits per heavy atom. The lowest BCUT2D eigenvalue weighted by Crippen LogP contribution is -2.44. The van der Waals surface area contributed by atoms with E-state index in [1.165, 1.54) is 0 Å². The zero-order chi connectivity index (χ0) is 18.0. The number of hydrogen-bond donors (Lipinski definition) is 2. The van der Waals surface area contributed by atoms with Crippen LogP contribution in [0.3, 0.4) is 0 Å². The van der Waals surface area contributed by atoms with Gasteiger partial charge in [0.25, 0.3) is 0 Å². The summed E-state index contributed by atoms with van der Waals surface area (Å²) in [5.74, 6) is 0.854. The summed E-state index contributed by atoms with van der Waals surface area (Å²) in [7, 11) is 1.61.